The standard InChI is InChI=1S/C31H31N5O3/c1-31(2,3)23-9-7-21(8-10-23)30(38)34-25-6-4-5-22(19-25)27-20-36-16-15-32-29(36)28(35-27)33-24-11-13-26(14-12-24)39-18-17-37/h4-16,19-20,37H,17-18H2,1-3H3,(H,33,35)(H,34,38). The summed E-state index contributed by atoms with van der Waals surface area (Å²) >= 11 is 0. The molecule has 39 heavy (non-hydrogen) atoms. The number of hydrogen-bond donors (Lipinski definition) is 3. The number of aromatic nitrogens is 3. The van der Waals surface area contributed by atoms with Crippen LogP contribution in [0.1, 0.15) is 36.7 Å². The average Bonchev–Trinajstić information content (AvgIpc) is 3.42. The zero-order valence-corrected chi connectivity index (χ0v) is 22.2. The second-order valence-corrected chi connectivity index (χ2v) is 10.2. The smallest absolute Gasteiger partial charge is 0.255 e. The number of rotatable bonds is 8. The summed E-state index contributed by atoms with van der Waals surface area (Å²) in [5.74, 6) is 1.10. The molecule has 3 N–H and O–H groups in total. The zero-order chi connectivity index (χ0) is 27.4. The number of aliphatic hydroxyl groups is 1. The van der Waals surface area contributed by atoms with Gasteiger partial charge in [0.15, 0.2) is 11.5 Å². The van der Waals surface area contributed by atoms with E-state index in [4.69, 9.17) is 14.8 Å². The third-order valence-electron chi connectivity index (χ3n) is 6.28. The van der Waals surface area contributed by atoms with Crippen molar-refractivity contribution in [1.29, 1.82) is 0 Å². The number of fused-ring (bicyclic) bond motifs is 1. The fraction of sp³-hybridized carbons (Fsp3) is 0.194. The molecule has 5 aromatic rings. The van der Waals surface area contributed by atoms with Crippen molar-refractivity contribution in [2.45, 2.75) is 26.2 Å². The van der Waals surface area contributed by atoms with Gasteiger partial charge in [-0.1, -0.05) is 45.0 Å². The monoisotopic (exact) mass is 521 g/mol. The number of nitrogens with one attached hydrogen (secondary N) is 2. The molecule has 2 heterocycles. The van der Waals surface area contributed by atoms with Gasteiger partial charge >= 0.3 is 0 Å². The highest BCUT2D eigenvalue weighted by molar-refractivity contribution is 6.04. The number of aliphatic hydroxyl groups excluding tert-OH is 1. The third-order valence-corrected chi connectivity index (χ3v) is 6.28. The summed E-state index contributed by atoms with van der Waals surface area (Å²) in [6.07, 6.45) is 5.50. The van der Waals surface area contributed by atoms with Gasteiger partial charge in [0.1, 0.15) is 12.4 Å². The molecule has 1 amide bonds. The SMILES string of the molecule is CC(C)(C)c1ccc(C(=O)Nc2cccc(-c3cn4ccnc4c(Nc4ccc(OCCO)cc4)n3)c2)cc1. The number of hydrogen-bond acceptors (Lipinski definition) is 6. The molecule has 0 atom stereocenters. The fourth-order valence-electron chi connectivity index (χ4n) is 4.17. The van der Waals surface area contributed by atoms with Crippen molar-refractivity contribution in [1.82, 2.24) is 14.4 Å². The molecule has 0 radical (unpaired) electrons. The van der Waals surface area contributed by atoms with Crippen molar-refractivity contribution in [3.8, 4) is 17.0 Å². The molecule has 0 spiro atoms. The Morgan fingerprint density at radius 3 is 2.49 bits per heavy atom. The summed E-state index contributed by atoms with van der Waals surface area (Å²) in [5, 5.41) is 15.3. The minimum absolute atomic E-state index is 0.0263. The van der Waals surface area contributed by atoms with Crippen molar-refractivity contribution in [2.24, 2.45) is 0 Å². The van der Waals surface area contributed by atoms with Crippen molar-refractivity contribution in [3.05, 3.63) is 103 Å². The minimum Gasteiger partial charge on any atom is -0.491 e. The zero-order valence-electron chi connectivity index (χ0n) is 22.2. The maximum Gasteiger partial charge on any atom is 0.255 e. The summed E-state index contributed by atoms with van der Waals surface area (Å²) in [4.78, 5) is 22.2. The van der Waals surface area contributed by atoms with Crippen molar-refractivity contribution in [2.75, 3.05) is 23.8 Å². The molecule has 0 fully saturated rings. The molecule has 0 aliphatic heterocycles. The lowest BCUT2D eigenvalue weighted by atomic mass is 9.87. The molecule has 0 saturated heterocycles. The first kappa shape index (κ1) is 25.9. The number of carbonyl (C=O) groups excluding carboxylic acids is 1. The van der Waals surface area contributed by atoms with Gasteiger partial charge in [0.05, 0.1) is 12.3 Å². The van der Waals surface area contributed by atoms with Crippen molar-refractivity contribution < 1.29 is 14.6 Å². The number of amides is 1. The quantitative estimate of drug-likeness (QED) is 0.229. The lowest BCUT2D eigenvalue weighted by Crippen LogP contribution is -2.14. The van der Waals surface area contributed by atoms with E-state index < -0.39 is 0 Å². The lowest BCUT2D eigenvalue weighted by Gasteiger charge is -2.19. The Morgan fingerprint density at radius 1 is 1.00 bits per heavy atom. The van der Waals surface area contributed by atoms with E-state index in [2.05, 4.69) is 36.4 Å². The second kappa shape index (κ2) is 11.0. The Balaban J connectivity index is 1.37. The van der Waals surface area contributed by atoms with Gasteiger partial charge in [-0.3, -0.25) is 4.79 Å². The Hall–Kier alpha value is -4.69. The van der Waals surface area contributed by atoms with Gasteiger partial charge in [-0.25, -0.2) is 9.97 Å². The molecule has 2 aromatic heterocycles. The van der Waals surface area contributed by atoms with E-state index in [1.54, 1.807) is 6.20 Å². The molecule has 5 rings (SSSR count). The number of ether oxygens (including phenoxy) is 1. The van der Waals surface area contributed by atoms with E-state index in [1.807, 2.05) is 89.6 Å². The number of nitrogens with zero attached hydrogens (tertiary/aromatic N) is 3. The molecule has 0 aliphatic rings. The van der Waals surface area contributed by atoms with Crippen LogP contribution in [0.25, 0.3) is 16.9 Å². The van der Waals surface area contributed by atoms with Gasteiger partial charge in [-0.05, 0) is 59.5 Å². The van der Waals surface area contributed by atoms with Gasteiger partial charge in [0, 0.05) is 41.1 Å². The maximum atomic E-state index is 12.9. The van der Waals surface area contributed by atoms with E-state index in [0.29, 0.717) is 28.5 Å². The van der Waals surface area contributed by atoms with Gasteiger partial charge in [0.25, 0.3) is 5.91 Å². The van der Waals surface area contributed by atoms with Crippen LogP contribution >= 0.6 is 0 Å². The Bertz CT molecular complexity index is 1590. The van der Waals surface area contributed by atoms with Crippen LogP contribution in [0.3, 0.4) is 0 Å². The summed E-state index contributed by atoms with van der Waals surface area (Å²) in [7, 11) is 0. The molecule has 8 nitrogen and oxygen atoms in total. The molecule has 0 aliphatic carbocycles. The number of benzene rings is 3. The van der Waals surface area contributed by atoms with Crippen LogP contribution in [-0.4, -0.2) is 38.6 Å². The first-order valence-corrected chi connectivity index (χ1v) is 12.8. The molecular weight excluding hydrogens is 490 g/mol. The fourth-order valence-corrected chi connectivity index (χ4v) is 4.17. The highest BCUT2D eigenvalue weighted by atomic mass is 16.5. The van der Waals surface area contributed by atoms with Gasteiger partial charge in [-0.15, -0.1) is 0 Å². The Labute approximate surface area is 227 Å². The van der Waals surface area contributed by atoms with E-state index in [1.165, 1.54) is 5.56 Å². The van der Waals surface area contributed by atoms with E-state index in [0.717, 1.165) is 16.9 Å². The van der Waals surface area contributed by atoms with Gasteiger partial charge in [0.2, 0.25) is 0 Å². The molecule has 0 bridgehead atoms. The third kappa shape index (κ3) is 6.08. The summed E-state index contributed by atoms with van der Waals surface area (Å²) in [6.45, 7) is 6.65. The van der Waals surface area contributed by atoms with Crippen molar-refractivity contribution in [3.63, 3.8) is 0 Å². The second-order valence-electron chi connectivity index (χ2n) is 10.2. The van der Waals surface area contributed by atoms with Crippen LogP contribution in [0.5, 0.6) is 5.75 Å². The highest BCUT2D eigenvalue weighted by Crippen LogP contribution is 2.28. The number of anilines is 3. The first-order valence-electron chi connectivity index (χ1n) is 12.8. The Kier molecular flexibility index (Phi) is 7.29. The maximum absolute atomic E-state index is 12.9. The highest BCUT2D eigenvalue weighted by Gasteiger charge is 2.15. The van der Waals surface area contributed by atoms with E-state index in [-0.39, 0.29) is 24.5 Å². The van der Waals surface area contributed by atoms with Gasteiger partial charge in [-0.2, -0.15) is 0 Å². The lowest BCUT2D eigenvalue weighted by molar-refractivity contribution is 0.102. The van der Waals surface area contributed by atoms with Crippen LogP contribution in [0, 0.1) is 0 Å². The van der Waals surface area contributed by atoms with Crippen LogP contribution < -0.4 is 15.4 Å². The minimum atomic E-state index is -0.167. The summed E-state index contributed by atoms with van der Waals surface area (Å²) < 4.78 is 7.35. The number of carbonyl (C=O) groups is 1. The van der Waals surface area contributed by atoms with Gasteiger partial charge < -0.3 is 24.9 Å². The first-order chi connectivity index (χ1) is 18.8. The summed E-state index contributed by atoms with van der Waals surface area (Å²) in [5.41, 5.74) is 5.56. The van der Waals surface area contributed by atoms with Crippen LogP contribution in [0.15, 0.2) is 91.4 Å². The topological polar surface area (TPSA) is 101 Å². The predicted molar refractivity (Wildman–Crippen MR) is 154 cm³/mol. The van der Waals surface area contributed by atoms with Crippen LogP contribution in [-0.2, 0) is 5.41 Å². The average molecular weight is 522 g/mol. The molecular formula is C31H31N5O3. The normalized spacial score (nSPS) is 11.4. The largest absolute Gasteiger partial charge is 0.491 e. The predicted octanol–water partition coefficient (Wildman–Crippen LogP) is 6.06. The summed E-state index contributed by atoms with van der Waals surface area (Å²) in [6, 6.07) is 22.7. The van der Waals surface area contributed by atoms with Crippen molar-refractivity contribution >= 4 is 28.7 Å². The molecule has 8 heteroatoms. The van der Waals surface area contributed by atoms with Crippen LogP contribution in [0.4, 0.5) is 17.2 Å². The van der Waals surface area contributed by atoms with E-state index >= 15 is 0 Å². The molecule has 3 aromatic carbocycles. The number of imidazole rings is 1. The molecule has 0 saturated carbocycles. The molecule has 0 unspecified atom stereocenters. The van der Waals surface area contributed by atoms with Crippen LogP contribution in [0.2, 0.25) is 0 Å². The van der Waals surface area contributed by atoms with E-state index in [9.17, 15) is 4.79 Å². The Morgan fingerprint density at radius 2 is 1.77 bits per heavy atom. The molecule has 198 valence electrons.